The second kappa shape index (κ2) is 6.81. The molecule has 1 aromatic carbocycles. The summed E-state index contributed by atoms with van der Waals surface area (Å²) < 4.78 is 13.5. The molecule has 2 nitrogen and oxygen atoms in total. The second-order valence-corrected chi connectivity index (χ2v) is 5.04. The molecule has 1 rings (SSSR count). The molecule has 18 heavy (non-hydrogen) atoms. The summed E-state index contributed by atoms with van der Waals surface area (Å²) in [6.07, 6.45) is 2.18. The monoisotopic (exact) mass is 268 g/mol. The Hall–Kier alpha value is -1.00. The molecule has 0 saturated heterocycles. The molecule has 100 valence electrons. The third kappa shape index (κ3) is 4.03. The van der Waals surface area contributed by atoms with Crippen LogP contribution in [0.1, 0.15) is 37.8 Å². The highest BCUT2D eigenvalue weighted by Gasteiger charge is 2.12. The van der Waals surface area contributed by atoms with E-state index in [0.717, 1.165) is 18.4 Å². The van der Waals surface area contributed by atoms with Gasteiger partial charge in [-0.1, -0.05) is 26.1 Å². The Morgan fingerprint density at radius 2 is 1.94 bits per heavy atom. The standard InChI is InChI=1S/C14H21FN2S/c1-4-13(5-2)17(3)9-10-6-11(14(16)18)8-12(15)7-10/h6-8,13H,4-5,9H2,1-3H3,(H2,16,18). The van der Waals surface area contributed by atoms with Gasteiger partial charge in [0.2, 0.25) is 0 Å². The Bertz CT molecular complexity index is 416. The third-order valence-corrected chi connectivity index (χ3v) is 3.48. The van der Waals surface area contributed by atoms with Gasteiger partial charge < -0.3 is 5.73 Å². The predicted molar refractivity (Wildman–Crippen MR) is 78.1 cm³/mol. The molecule has 0 spiro atoms. The summed E-state index contributed by atoms with van der Waals surface area (Å²) in [5, 5.41) is 0. The highest BCUT2D eigenvalue weighted by atomic mass is 32.1. The lowest BCUT2D eigenvalue weighted by Crippen LogP contribution is -2.30. The molecule has 0 aliphatic carbocycles. The zero-order chi connectivity index (χ0) is 13.7. The van der Waals surface area contributed by atoms with Crippen molar-refractivity contribution in [1.82, 2.24) is 4.90 Å². The fourth-order valence-electron chi connectivity index (χ4n) is 2.21. The van der Waals surface area contributed by atoms with E-state index < -0.39 is 0 Å². The molecular weight excluding hydrogens is 247 g/mol. The molecule has 1 aromatic rings. The van der Waals surface area contributed by atoms with Crippen LogP contribution in [0.5, 0.6) is 0 Å². The maximum atomic E-state index is 13.5. The van der Waals surface area contributed by atoms with E-state index in [4.69, 9.17) is 18.0 Å². The van der Waals surface area contributed by atoms with Gasteiger partial charge >= 0.3 is 0 Å². The van der Waals surface area contributed by atoms with E-state index in [9.17, 15) is 4.39 Å². The van der Waals surface area contributed by atoms with Crippen molar-refractivity contribution in [2.45, 2.75) is 39.3 Å². The third-order valence-electron chi connectivity index (χ3n) is 3.24. The topological polar surface area (TPSA) is 29.3 Å². The van der Waals surface area contributed by atoms with Crippen molar-refractivity contribution in [2.24, 2.45) is 5.73 Å². The van der Waals surface area contributed by atoms with Gasteiger partial charge in [0.25, 0.3) is 0 Å². The fraction of sp³-hybridized carbons (Fsp3) is 0.500. The van der Waals surface area contributed by atoms with Crippen LogP contribution in [0.2, 0.25) is 0 Å². The fourth-order valence-corrected chi connectivity index (χ4v) is 2.33. The van der Waals surface area contributed by atoms with Gasteiger partial charge in [-0.25, -0.2) is 4.39 Å². The van der Waals surface area contributed by atoms with E-state index in [2.05, 4.69) is 25.8 Å². The molecule has 0 aliphatic rings. The van der Waals surface area contributed by atoms with E-state index in [-0.39, 0.29) is 10.8 Å². The number of thiocarbonyl (C=S) groups is 1. The number of halogens is 1. The van der Waals surface area contributed by atoms with Crippen LogP contribution in [0.3, 0.4) is 0 Å². The average molecular weight is 268 g/mol. The van der Waals surface area contributed by atoms with Gasteiger partial charge in [-0.2, -0.15) is 0 Å². The van der Waals surface area contributed by atoms with Crippen molar-refractivity contribution < 1.29 is 4.39 Å². The van der Waals surface area contributed by atoms with Crippen LogP contribution < -0.4 is 5.73 Å². The lowest BCUT2D eigenvalue weighted by molar-refractivity contribution is 0.221. The highest BCUT2D eigenvalue weighted by Crippen LogP contribution is 2.14. The minimum atomic E-state index is -0.284. The molecule has 0 bridgehead atoms. The smallest absolute Gasteiger partial charge is 0.124 e. The van der Waals surface area contributed by atoms with Crippen molar-refractivity contribution in [3.05, 3.63) is 35.1 Å². The van der Waals surface area contributed by atoms with Crippen molar-refractivity contribution in [2.75, 3.05) is 7.05 Å². The van der Waals surface area contributed by atoms with Crippen molar-refractivity contribution in [3.63, 3.8) is 0 Å². The van der Waals surface area contributed by atoms with Gasteiger partial charge in [0.1, 0.15) is 10.8 Å². The molecule has 2 N–H and O–H groups in total. The van der Waals surface area contributed by atoms with Crippen molar-refractivity contribution >= 4 is 17.2 Å². The summed E-state index contributed by atoms with van der Waals surface area (Å²) in [5.41, 5.74) is 7.05. The van der Waals surface area contributed by atoms with Crippen LogP contribution in [-0.2, 0) is 6.54 Å². The second-order valence-electron chi connectivity index (χ2n) is 4.60. The maximum Gasteiger partial charge on any atom is 0.124 e. The lowest BCUT2D eigenvalue weighted by Gasteiger charge is -2.26. The molecule has 0 amide bonds. The first-order valence-corrected chi connectivity index (χ1v) is 6.68. The molecule has 4 heteroatoms. The first-order valence-electron chi connectivity index (χ1n) is 6.27. The molecule has 0 saturated carbocycles. The van der Waals surface area contributed by atoms with E-state index in [1.807, 2.05) is 6.07 Å². The number of rotatable bonds is 6. The Morgan fingerprint density at radius 1 is 1.33 bits per heavy atom. The maximum absolute atomic E-state index is 13.5. The minimum Gasteiger partial charge on any atom is -0.389 e. The Kier molecular flexibility index (Phi) is 5.69. The van der Waals surface area contributed by atoms with Crippen molar-refractivity contribution in [1.29, 1.82) is 0 Å². The van der Waals surface area contributed by atoms with Crippen LogP contribution in [0.25, 0.3) is 0 Å². The largest absolute Gasteiger partial charge is 0.389 e. The molecule has 0 fully saturated rings. The highest BCUT2D eigenvalue weighted by molar-refractivity contribution is 7.80. The van der Waals surface area contributed by atoms with Crippen molar-refractivity contribution in [3.8, 4) is 0 Å². The Morgan fingerprint density at radius 3 is 2.44 bits per heavy atom. The van der Waals surface area contributed by atoms with Crippen LogP contribution >= 0.6 is 12.2 Å². The van der Waals surface area contributed by atoms with E-state index in [1.165, 1.54) is 6.07 Å². The van der Waals surface area contributed by atoms with Gasteiger partial charge in [-0.3, -0.25) is 4.90 Å². The van der Waals surface area contributed by atoms with Gasteiger partial charge in [0.05, 0.1) is 0 Å². The van der Waals surface area contributed by atoms with Crippen LogP contribution in [-0.4, -0.2) is 23.0 Å². The summed E-state index contributed by atoms with van der Waals surface area (Å²) in [7, 11) is 2.06. The van der Waals surface area contributed by atoms with E-state index in [1.54, 1.807) is 6.07 Å². The summed E-state index contributed by atoms with van der Waals surface area (Å²) in [6.45, 7) is 5.03. The lowest BCUT2D eigenvalue weighted by atomic mass is 10.1. The number of nitrogens with two attached hydrogens (primary N) is 1. The zero-order valence-corrected chi connectivity index (χ0v) is 12.1. The first kappa shape index (κ1) is 15.1. The number of hydrogen-bond donors (Lipinski definition) is 1. The summed E-state index contributed by atoms with van der Waals surface area (Å²) in [6, 6.07) is 5.30. The predicted octanol–water partition coefficient (Wildman–Crippen LogP) is 3.08. The summed E-state index contributed by atoms with van der Waals surface area (Å²) in [5.74, 6) is -0.284. The first-order chi connectivity index (χ1) is 8.47. The summed E-state index contributed by atoms with van der Waals surface area (Å²) >= 11 is 4.89. The van der Waals surface area contributed by atoms with Gasteiger partial charge in [-0.05, 0) is 43.7 Å². The average Bonchev–Trinajstić information content (AvgIpc) is 2.29. The molecular formula is C14H21FN2S. The van der Waals surface area contributed by atoms with Gasteiger partial charge in [0, 0.05) is 18.2 Å². The molecule has 0 aromatic heterocycles. The Labute approximate surface area is 114 Å². The van der Waals surface area contributed by atoms with Gasteiger partial charge in [0.15, 0.2) is 0 Å². The van der Waals surface area contributed by atoms with Crippen LogP contribution in [0, 0.1) is 5.82 Å². The molecule has 0 aliphatic heterocycles. The Balaban J connectivity index is 2.87. The zero-order valence-electron chi connectivity index (χ0n) is 11.2. The van der Waals surface area contributed by atoms with E-state index >= 15 is 0 Å². The number of nitrogens with zero attached hydrogens (tertiary/aromatic N) is 1. The van der Waals surface area contributed by atoms with Crippen LogP contribution in [0.15, 0.2) is 18.2 Å². The minimum absolute atomic E-state index is 0.237. The molecule has 0 unspecified atom stereocenters. The number of hydrogen-bond acceptors (Lipinski definition) is 2. The van der Waals surface area contributed by atoms with E-state index in [0.29, 0.717) is 18.2 Å². The van der Waals surface area contributed by atoms with Gasteiger partial charge in [-0.15, -0.1) is 0 Å². The van der Waals surface area contributed by atoms with Crippen LogP contribution in [0.4, 0.5) is 4.39 Å². The normalized spacial score (nSPS) is 11.2. The SMILES string of the molecule is CCC(CC)N(C)Cc1cc(F)cc(C(N)=S)c1. The molecule has 0 radical (unpaired) electrons. The molecule has 0 atom stereocenters. The summed E-state index contributed by atoms with van der Waals surface area (Å²) in [4.78, 5) is 2.47. The molecule has 0 heterocycles. The quantitative estimate of drug-likeness (QED) is 0.804. The number of benzene rings is 1.